The summed E-state index contributed by atoms with van der Waals surface area (Å²) in [6.07, 6.45) is 3.24. The van der Waals surface area contributed by atoms with Crippen LogP contribution in [0.4, 0.5) is 5.69 Å². The van der Waals surface area contributed by atoms with Crippen LogP contribution in [0.5, 0.6) is 0 Å². The molecule has 5 N–H and O–H groups in total. The number of primary sulfonamides is 1. The molecule has 0 spiro atoms. The molecule has 2 bridgehead atoms. The van der Waals surface area contributed by atoms with Crippen LogP contribution in [0.3, 0.4) is 0 Å². The molecule has 0 heterocycles. The van der Waals surface area contributed by atoms with Gasteiger partial charge in [-0.2, -0.15) is 0 Å². The maximum atomic E-state index is 12.4. The normalized spacial score (nSPS) is 31.3. The lowest BCUT2D eigenvalue weighted by Crippen LogP contribution is -2.42. The zero-order chi connectivity index (χ0) is 15.2. The zero-order valence-corrected chi connectivity index (χ0v) is 12.3. The Morgan fingerprint density at radius 3 is 2.29 bits per heavy atom. The number of carbonyl (C=O) groups excluding carboxylic acids is 1. The number of hydrogen-bond donors (Lipinski definition) is 3. The molecular formula is C14H19N3O3S. The molecule has 4 atom stereocenters. The van der Waals surface area contributed by atoms with E-state index in [1.165, 1.54) is 24.3 Å². The minimum atomic E-state index is -3.71. The van der Waals surface area contributed by atoms with E-state index in [4.69, 9.17) is 10.9 Å². The van der Waals surface area contributed by atoms with Gasteiger partial charge in [0.25, 0.3) is 0 Å². The van der Waals surface area contributed by atoms with Crippen molar-refractivity contribution >= 4 is 21.6 Å². The molecule has 1 aromatic rings. The molecule has 2 aliphatic carbocycles. The van der Waals surface area contributed by atoms with Crippen molar-refractivity contribution in [3.8, 4) is 0 Å². The van der Waals surface area contributed by atoms with Crippen molar-refractivity contribution in [1.82, 2.24) is 0 Å². The first-order chi connectivity index (χ1) is 9.86. The number of carbonyl (C=O) groups is 1. The summed E-state index contributed by atoms with van der Waals surface area (Å²) in [6, 6.07) is 5.77. The van der Waals surface area contributed by atoms with Gasteiger partial charge in [-0.05, 0) is 55.4 Å². The summed E-state index contributed by atoms with van der Waals surface area (Å²) in [4.78, 5) is 12.4. The number of benzene rings is 1. The predicted molar refractivity (Wildman–Crippen MR) is 78.7 cm³/mol. The van der Waals surface area contributed by atoms with Gasteiger partial charge < -0.3 is 11.1 Å². The summed E-state index contributed by atoms with van der Waals surface area (Å²) < 4.78 is 22.4. The zero-order valence-electron chi connectivity index (χ0n) is 11.5. The number of hydrogen-bond acceptors (Lipinski definition) is 4. The number of nitrogens with one attached hydrogen (secondary N) is 1. The van der Waals surface area contributed by atoms with Crippen LogP contribution in [0.25, 0.3) is 0 Å². The molecular weight excluding hydrogens is 290 g/mol. The number of rotatable bonds is 3. The quantitative estimate of drug-likeness (QED) is 0.760. The van der Waals surface area contributed by atoms with E-state index in [0.29, 0.717) is 17.5 Å². The van der Waals surface area contributed by atoms with Crippen molar-refractivity contribution in [3.05, 3.63) is 24.3 Å². The van der Waals surface area contributed by atoms with Gasteiger partial charge in [0.2, 0.25) is 15.9 Å². The van der Waals surface area contributed by atoms with E-state index in [-0.39, 0.29) is 22.8 Å². The third-order valence-electron chi connectivity index (χ3n) is 4.73. The molecule has 2 fully saturated rings. The molecule has 1 aromatic carbocycles. The Bertz CT molecular complexity index is 655. The maximum absolute atomic E-state index is 12.4. The molecule has 4 unspecified atom stereocenters. The first kappa shape index (κ1) is 14.5. The second-order valence-electron chi connectivity index (χ2n) is 5.99. The summed E-state index contributed by atoms with van der Waals surface area (Å²) in [5.74, 6) is 0.643. The van der Waals surface area contributed by atoms with Gasteiger partial charge in [0, 0.05) is 11.7 Å². The molecule has 21 heavy (non-hydrogen) atoms. The van der Waals surface area contributed by atoms with Gasteiger partial charge in [-0.15, -0.1) is 0 Å². The molecule has 3 rings (SSSR count). The summed E-state index contributed by atoms with van der Waals surface area (Å²) in [5.41, 5.74) is 6.70. The number of fused-ring (bicyclic) bond motifs is 2. The van der Waals surface area contributed by atoms with Gasteiger partial charge >= 0.3 is 0 Å². The second-order valence-corrected chi connectivity index (χ2v) is 7.56. The van der Waals surface area contributed by atoms with Crippen molar-refractivity contribution in [2.75, 3.05) is 5.32 Å². The van der Waals surface area contributed by atoms with Crippen molar-refractivity contribution in [2.45, 2.75) is 30.2 Å². The lowest BCUT2D eigenvalue weighted by atomic mass is 9.84. The van der Waals surface area contributed by atoms with E-state index in [9.17, 15) is 13.2 Å². The highest BCUT2D eigenvalue weighted by Crippen LogP contribution is 2.47. The minimum absolute atomic E-state index is 0.0251. The fraction of sp³-hybridized carbons (Fsp3) is 0.500. The average molecular weight is 309 g/mol. The first-order valence-electron chi connectivity index (χ1n) is 7.05. The first-order valence-corrected chi connectivity index (χ1v) is 8.60. The highest BCUT2D eigenvalue weighted by atomic mass is 32.2. The van der Waals surface area contributed by atoms with E-state index < -0.39 is 10.0 Å². The molecule has 0 aliphatic heterocycles. The van der Waals surface area contributed by atoms with Crippen molar-refractivity contribution in [1.29, 1.82) is 0 Å². The Morgan fingerprint density at radius 2 is 1.76 bits per heavy atom. The van der Waals surface area contributed by atoms with Crippen molar-refractivity contribution in [2.24, 2.45) is 28.6 Å². The summed E-state index contributed by atoms with van der Waals surface area (Å²) >= 11 is 0. The highest BCUT2D eigenvalue weighted by Gasteiger charge is 2.49. The lowest BCUT2D eigenvalue weighted by Gasteiger charge is -2.27. The SMILES string of the molecule is NC1C2CCC(C2)C1C(=O)Nc1ccc(S(N)(=O)=O)cc1. The molecule has 1 amide bonds. The second kappa shape index (κ2) is 5.08. The van der Waals surface area contributed by atoms with Crippen molar-refractivity contribution < 1.29 is 13.2 Å². The van der Waals surface area contributed by atoms with Gasteiger partial charge in [-0.3, -0.25) is 4.79 Å². The summed E-state index contributed by atoms with van der Waals surface area (Å²) in [7, 11) is -3.71. The predicted octanol–water partition coefficient (Wildman–Crippen LogP) is 0.646. The third-order valence-corrected chi connectivity index (χ3v) is 5.66. The van der Waals surface area contributed by atoms with Crippen LogP contribution in [0.15, 0.2) is 29.2 Å². The van der Waals surface area contributed by atoms with Gasteiger partial charge in [0.1, 0.15) is 0 Å². The van der Waals surface area contributed by atoms with Gasteiger partial charge in [0.05, 0.1) is 10.8 Å². The van der Waals surface area contributed by atoms with Crippen LogP contribution in [0.2, 0.25) is 0 Å². The Hall–Kier alpha value is -1.44. The Balaban J connectivity index is 1.71. The molecule has 0 aromatic heterocycles. The smallest absolute Gasteiger partial charge is 0.238 e. The lowest BCUT2D eigenvalue weighted by molar-refractivity contribution is -0.121. The molecule has 2 saturated carbocycles. The minimum Gasteiger partial charge on any atom is -0.327 e. The monoisotopic (exact) mass is 309 g/mol. The van der Waals surface area contributed by atoms with Crippen LogP contribution in [-0.2, 0) is 14.8 Å². The highest BCUT2D eigenvalue weighted by molar-refractivity contribution is 7.89. The molecule has 7 heteroatoms. The largest absolute Gasteiger partial charge is 0.327 e. The molecule has 2 aliphatic rings. The molecule has 6 nitrogen and oxygen atoms in total. The Morgan fingerprint density at radius 1 is 1.14 bits per heavy atom. The van der Waals surface area contributed by atoms with E-state index in [2.05, 4.69) is 5.32 Å². The van der Waals surface area contributed by atoms with E-state index in [1.54, 1.807) is 0 Å². The summed E-state index contributed by atoms with van der Waals surface area (Å²) in [6.45, 7) is 0. The van der Waals surface area contributed by atoms with Crippen LogP contribution >= 0.6 is 0 Å². The molecule has 0 saturated heterocycles. The fourth-order valence-electron chi connectivity index (χ4n) is 3.68. The van der Waals surface area contributed by atoms with Crippen molar-refractivity contribution in [3.63, 3.8) is 0 Å². The van der Waals surface area contributed by atoms with E-state index in [0.717, 1.165) is 19.3 Å². The van der Waals surface area contributed by atoms with Gasteiger partial charge in [-0.25, -0.2) is 13.6 Å². The Labute approximate surface area is 123 Å². The molecule has 0 radical (unpaired) electrons. The van der Waals surface area contributed by atoms with Crippen LogP contribution in [-0.4, -0.2) is 20.4 Å². The van der Waals surface area contributed by atoms with Gasteiger partial charge in [-0.1, -0.05) is 0 Å². The maximum Gasteiger partial charge on any atom is 0.238 e. The number of nitrogens with two attached hydrogens (primary N) is 2. The van der Waals surface area contributed by atoms with E-state index in [1.807, 2.05) is 0 Å². The standard InChI is InChI=1S/C14H19N3O3S/c15-13-9-2-1-8(7-9)12(13)14(18)17-10-3-5-11(6-4-10)21(16,19)20/h3-6,8-9,12-13H,1-2,7,15H2,(H,17,18)(H2,16,19,20). The number of anilines is 1. The van der Waals surface area contributed by atoms with E-state index >= 15 is 0 Å². The third kappa shape index (κ3) is 2.68. The average Bonchev–Trinajstić information content (AvgIpc) is 2.98. The van der Waals surface area contributed by atoms with Gasteiger partial charge in [0.15, 0.2) is 0 Å². The number of amides is 1. The summed E-state index contributed by atoms with van der Waals surface area (Å²) in [5, 5.41) is 7.86. The van der Waals surface area contributed by atoms with Crippen LogP contribution in [0.1, 0.15) is 19.3 Å². The number of sulfonamides is 1. The van der Waals surface area contributed by atoms with Crippen LogP contribution < -0.4 is 16.2 Å². The topological polar surface area (TPSA) is 115 Å². The fourth-order valence-corrected chi connectivity index (χ4v) is 4.19. The van der Waals surface area contributed by atoms with Crippen LogP contribution in [0, 0.1) is 17.8 Å². The molecule has 114 valence electrons. The Kier molecular flexibility index (Phi) is 3.51.